The minimum Gasteiger partial charge on any atom is -0.387 e. The predicted octanol–water partition coefficient (Wildman–Crippen LogP) is 3.67. The molecule has 0 spiro atoms. The van der Waals surface area contributed by atoms with Gasteiger partial charge in [0, 0.05) is 6.04 Å². The lowest BCUT2D eigenvalue weighted by molar-refractivity contribution is 0.0270. The number of benzene rings is 2. The molecule has 1 aliphatic carbocycles. The van der Waals surface area contributed by atoms with E-state index in [1.165, 1.54) is 41.2 Å². The fourth-order valence-electron chi connectivity index (χ4n) is 4.19. The van der Waals surface area contributed by atoms with Crippen LogP contribution in [0.15, 0.2) is 36.4 Å². The van der Waals surface area contributed by atoms with E-state index in [9.17, 15) is 5.11 Å². The number of likely N-dealkylation sites (tertiary alicyclic amines) is 1. The summed E-state index contributed by atoms with van der Waals surface area (Å²) < 4.78 is 0. The molecule has 4 rings (SSSR count). The Bertz CT molecular complexity index is 645. The second kappa shape index (κ2) is 5.43. The van der Waals surface area contributed by atoms with Crippen LogP contribution in [0.4, 0.5) is 0 Å². The highest BCUT2D eigenvalue weighted by Crippen LogP contribution is 2.38. The van der Waals surface area contributed by atoms with E-state index in [2.05, 4.69) is 41.3 Å². The van der Waals surface area contributed by atoms with E-state index in [1.54, 1.807) is 0 Å². The predicted molar refractivity (Wildman–Crippen MR) is 86.4 cm³/mol. The number of aliphatic hydroxyl groups is 1. The Balaban J connectivity index is 1.75. The molecule has 2 unspecified atom stereocenters. The molecule has 110 valence electrons. The zero-order chi connectivity index (χ0) is 14.2. The molecule has 1 fully saturated rings. The van der Waals surface area contributed by atoms with Gasteiger partial charge in [-0.1, -0.05) is 42.8 Å². The summed E-state index contributed by atoms with van der Waals surface area (Å²) in [7, 11) is 0. The Kier molecular flexibility index (Phi) is 3.44. The molecule has 1 saturated heterocycles. The summed E-state index contributed by atoms with van der Waals surface area (Å²) >= 11 is 0. The van der Waals surface area contributed by atoms with Crippen molar-refractivity contribution < 1.29 is 5.11 Å². The van der Waals surface area contributed by atoms with Crippen molar-refractivity contribution in [3.05, 3.63) is 47.5 Å². The second-order valence-electron chi connectivity index (χ2n) is 6.51. The molecule has 2 nitrogen and oxygen atoms in total. The summed E-state index contributed by atoms with van der Waals surface area (Å²) in [4.78, 5) is 2.53. The topological polar surface area (TPSA) is 23.5 Å². The van der Waals surface area contributed by atoms with Crippen molar-refractivity contribution in [2.24, 2.45) is 0 Å². The number of hydrogen-bond acceptors (Lipinski definition) is 2. The SMILES string of the molecule is OC1c2c(ccc3ccccc23)CCC1N1CCCCC1. The summed E-state index contributed by atoms with van der Waals surface area (Å²) in [6.45, 7) is 2.31. The first-order valence-corrected chi connectivity index (χ1v) is 8.27. The molecule has 0 saturated carbocycles. The monoisotopic (exact) mass is 281 g/mol. The molecule has 21 heavy (non-hydrogen) atoms. The van der Waals surface area contributed by atoms with Crippen LogP contribution in [-0.4, -0.2) is 29.1 Å². The molecule has 0 radical (unpaired) electrons. The fraction of sp³-hybridized carbons (Fsp3) is 0.474. The Labute approximate surface area is 126 Å². The van der Waals surface area contributed by atoms with E-state index >= 15 is 0 Å². The maximum atomic E-state index is 11.0. The van der Waals surface area contributed by atoms with Crippen molar-refractivity contribution >= 4 is 10.8 Å². The van der Waals surface area contributed by atoms with Gasteiger partial charge in [0.25, 0.3) is 0 Å². The van der Waals surface area contributed by atoms with Crippen molar-refractivity contribution in [2.75, 3.05) is 13.1 Å². The number of hydrogen-bond donors (Lipinski definition) is 1. The smallest absolute Gasteiger partial charge is 0.0953 e. The van der Waals surface area contributed by atoms with Crippen molar-refractivity contribution in [1.82, 2.24) is 4.90 Å². The number of aliphatic hydroxyl groups excluding tert-OH is 1. The van der Waals surface area contributed by atoms with E-state index in [-0.39, 0.29) is 6.10 Å². The van der Waals surface area contributed by atoms with Crippen LogP contribution in [-0.2, 0) is 6.42 Å². The van der Waals surface area contributed by atoms with Gasteiger partial charge in [-0.05, 0) is 60.7 Å². The molecule has 2 aromatic rings. The van der Waals surface area contributed by atoms with Gasteiger partial charge in [0.1, 0.15) is 0 Å². The first kappa shape index (κ1) is 13.3. The van der Waals surface area contributed by atoms with Crippen molar-refractivity contribution in [3.8, 4) is 0 Å². The molecular formula is C19H23NO. The van der Waals surface area contributed by atoms with Crippen LogP contribution in [0.25, 0.3) is 10.8 Å². The summed E-state index contributed by atoms with van der Waals surface area (Å²) in [5.74, 6) is 0. The van der Waals surface area contributed by atoms with Crippen LogP contribution in [0.1, 0.15) is 42.9 Å². The van der Waals surface area contributed by atoms with Gasteiger partial charge in [0.15, 0.2) is 0 Å². The minimum atomic E-state index is -0.335. The average Bonchev–Trinajstić information content (AvgIpc) is 2.55. The lowest BCUT2D eigenvalue weighted by Gasteiger charge is -2.41. The van der Waals surface area contributed by atoms with Gasteiger partial charge in [-0.2, -0.15) is 0 Å². The van der Waals surface area contributed by atoms with E-state index in [0.29, 0.717) is 6.04 Å². The number of piperidine rings is 1. The lowest BCUT2D eigenvalue weighted by atomic mass is 9.81. The van der Waals surface area contributed by atoms with Crippen LogP contribution in [0, 0.1) is 0 Å². The van der Waals surface area contributed by atoms with Crippen LogP contribution < -0.4 is 0 Å². The Hall–Kier alpha value is -1.38. The average molecular weight is 281 g/mol. The number of nitrogens with zero attached hydrogens (tertiary/aromatic N) is 1. The van der Waals surface area contributed by atoms with Gasteiger partial charge in [-0.25, -0.2) is 0 Å². The Morgan fingerprint density at radius 1 is 0.952 bits per heavy atom. The van der Waals surface area contributed by atoms with Crippen LogP contribution >= 0.6 is 0 Å². The highest BCUT2D eigenvalue weighted by Gasteiger charge is 2.33. The third-order valence-electron chi connectivity index (χ3n) is 5.29. The molecule has 1 aliphatic heterocycles. The van der Waals surface area contributed by atoms with Crippen LogP contribution in [0.3, 0.4) is 0 Å². The second-order valence-corrected chi connectivity index (χ2v) is 6.51. The minimum absolute atomic E-state index is 0.309. The summed E-state index contributed by atoms with van der Waals surface area (Å²) in [5.41, 5.74) is 2.53. The molecule has 0 bridgehead atoms. The third-order valence-corrected chi connectivity index (χ3v) is 5.29. The maximum absolute atomic E-state index is 11.0. The van der Waals surface area contributed by atoms with Gasteiger partial charge in [0.05, 0.1) is 6.10 Å². The highest BCUT2D eigenvalue weighted by molar-refractivity contribution is 5.87. The highest BCUT2D eigenvalue weighted by atomic mass is 16.3. The van der Waals surface area contributed by atoms with Gasteiger partial charge >= 0.3 is 0 Å². The molecule has 1 N–H and O–H groups in total. The number of fused-ring (bicyclic) bond motifs is 3. The maximum Gasteiger partial charge on any atom is 0.0953 e. The first-order chi connectivity index (χ1) is 10.3. The normalized spacial score (nSPS) is 26.7. The largest absolute Gasteiger partial charge is 0.387 e. The fourth-order valence-corrected chi connectivity index (χ4v) is 4.19. The molecule has 0 amide bonds. The Morgan fingerprint density at radius 2 is 1.76 bits per heavy atom. The van der Waals surface area contributed by atoms with E-state index < -0.39 is 0 Å². The van der Waals surface area contributed by atoms with E-state index in [4.69, 9.17) is 0 Å². The zero-order valence-corrected chi connectivity index (χ0v) is 12.5. The van der Waals surface area contributed by atoms with Gasteiger partial charge in [-0.15, -0.1) is 0 Å². The summed E-state index contributed by atoms with van der Waals surface area (Å²) in [6.07, 6.45) is 5.76. The number of rotatable bonds is 1. The van der Waals surface area contributed by atoms with Crippen molar-refractivity contribution in [3.63, 3.8) is 0 Å². The van der Waals surface area contributed by atoms with Gasteiger partial charge in [-0.3, -0.25) is 4.90 Å². The van der Waals surface area contributed by atoms with Crippen molar-refractivity contribution in [1.29, 1.82) is 0 Å². The summed E-state index contributed by atoms with van der Waals surface area (Å²) in [5, 5.41) is 13.5. The molecule has 2 aliphatic rings. The molecule has 2 aromatic carbocycles. The summed E-state index contributed by atoms with van der Waals surface area (Å²) in [6, 6.07) is 13.2. The zero-order valence-electron chi connectivity index (χ0n) is 12.5. The van der Waals surface area contributed by atoms with Gasteiger partial charge < -0.3 is 5.11 Å². The van der Waals surface area contributed by atoms with E-state index in [0.717, 1.165) is 25.9 Å². The molecular weight excluding hydrogens is 258 g/mol. The van der Waals surface area contributed by atoms with Crippen LogP contribution in [0.5, 0.6) is 0 Å². The first-order valence-electron chi connectivity index (χ1n) is 8.27. The number of aryl methyl sites for hydroxylation is 1. The standard InChI is InChI=1S/C19H23NO/c21-19-17(20-12-4-1-5-13-20)11-10-15-9-8-14-6-2-3-7-16(14)18(15)19/h2-3,6-9,17,19,21H,1,4-5,10-13H2. The quantitative estimate of drug-likeness (QED) is 0.862. The molecule has 2 atom stereocenters. The van der Waals surface area contributed by atoms with Gasteiger partial charge in [0.2, 0.25) is 0 Å². The third kappa shape index (κ3) is 2.27. The molecule has 2 heteroatoms. The molecule has 0 aromatic heterocycles. The lowest BCUT2D eigenvalue weighted by Crippen LogP contribution is -2.44. The van der Waals surface area contributed by atoms with E-state index in [1.807, 2.05) is 0 Å². The van der Waals surface area contributed by atoms with Crippen molar-refractivity contribution in [2.45, 2.75) is 44.2 Å². The molecule has 1 heterocycles. The Morgan fingerprint density at radius 3 is 2.62 bits per heavy atom. The van der Waals surface area contributed by atoms with Crippen LogP contribution in [0.2, 0.25) is 0 Å².